The molecule has 0 aliphatic carbocycles. The Morgan fingerprint density at radius 3 is 2.57 bits per heavy atom. The molecule has 2 heterocycles. The van der Waals surface area contributed by atoms with Crippen molar-refractivity contribution >= 4 is 23.8 Å². The average molecular weight is 293 g/mol. The van der Waals surface area contributed by atoms with Crippen molar-refractivity contribution in [2.75, 3.05) is 55.3 Å². The molecule has 0 saturated carbocycles. The minimum absolute atomic E-state index is 0.0656. The molecule has 0 atom stereocenters. The maximum Gasteiger partial charge on any atom is 0.241 e. The van der Waals surface area contributed by atoms with Gasteiger partial charge in [-0.05, 0) is 20.3 Å². The van der Waals surface area contributed by atoms with Gasteiger partial charge in [0.1, 0.15) is 0 Å². The summed E-state index contributed by atoms with van der Waals surface area (Å²) in [7, 11) is 1.81. The summed E-state index contributed by atoms with van der Waals surface area (Å²) in [6.45, 7) is 7.41. The summed E-state index contributed by atoms with van der Waals surface area (Å²) in [6, 6.07) is 0. The van der Waals surface area contributed by atoms with Crippen LogP contribution in [0.4, 0.5) is 17.8 Å². The summed E-state index contributed by atoms with van der Waals surface area (Å²) >= 11 is 0. The molecule has 2 N–H and O–H groups in total. The van der Waals surface area contributed by atoms with Crippen molar-refractivity contribution in [1.82, 2.24) is 19.9 Å². The second kappa shape index (κ2) is 6.55. The molecule has 1 aromatic rings. The van der Waals surface area contributed by atoms with E-state index in [0.717, 1.165) is 32.6 Å². The Morgan fingerprint density at radius 2 is 1.90 bits per heavy atom. The van der Waals surface area contributed by atoms with E-state index in [9.17, 15) is 4.79 Å². The van der Waals surface area contributed by atoms with Crippen LogP contribution >= 0.6 is 0 Å². The number of nitrogens with two attached hydrogens (primary N) is 1. The Morgan fingerprint density at radius 1 is 1.19 bits per heavy atom. The number of hydrogen-bond acceptors (Lipinski definition) is 7. The molecule has 8 heteroatoms. The highest BCUT2D eigenvalue weighted by Crippen LogP contribution is 2.17. The van der Waals surface area contributed by atoms with Crippen LogP contribution in [0.25, 0.3) is 0 Å². The highest BCUT2D eigenvalue weighted by atomic mass is 16.2. The molecule has 1 aliphatic heterocycles. The van der Waals surface area contributed by atoms with Crippen LogP contribution < -0.4 is 15.5 Å². The molecular weight excluding hydrogens is 270 g/mol. The van der Waals surface area contributed by atoms with Gasteiger partial charge < -0.3 is 20.4 Å². The minimum Gasteiger partial charge on any atom is -0.368 e. The molecular formula is C13H23N7O. The standard InChI is InChI=1S/C13H23N7O/c1-4-19(5-2)12-15-11(14)16-13(17-12)20-8-6-7-18(3)10(21)9-20/h4-9H2,1-3H3,(H2,14,15,16,17). The zero-order chi connectivity index (χ0) is 15.4. The summed E-state index contributed by atoms with van der Waals surface area (Å²) < 4.78 is 0. The Labute approximate surface area is 125 Å². The third kappa shape index (κ3) is 3.50. The number of nitrogens with zero attached hydrogens (tertiary/aromatic N) is 6. The lowest BCUT2D eigenvalue weighted by molar-refractivity contribution is -0.127. The molecule has 0 bridgehead atoms. The highest BCUT2D eigenvalue weighted by Gasteiger charge is 2.22. The first-order valence-corrected chi connectivity index (χ1v) is 7.30. The molecule has 1 aromatic heterocycles. The Kier molecular flexibility index (Phi) is 4.77. The van der Waals surface area contributed by atoms with E-state index < -0.39 is 0 Å². The van der Waals surface area contributed by atoms with E-state index in [2.05, 4.69) is 15.0 Å². The monoisotopic (exact) mass is 293 g/mol. The SMILES string of the molecule is CCN(CC)c1nc(N)nc(N2CCCN(C)C(=O)C2)n1. The van der Waals surface area contributed by atoms with Gasteiger partial charge in [-0.15, -0.1) is 0 Å². The maximum atomic E-state index is 12.0. The zero-order valence-corrected chi connectivity index (χ0v) is 12.9. The number of carbonyl (C=O) groups excluding carboxylic acids is 1. The summed E-state index contributed by atoms with van der Waals surface area (Å²) in [5, 5.41) is 0. The first-order valence-electron chi connectivity index (χ1n) is 7.30. The number of likely N-dealkylation sites (N-methyl/N-ethyl adjacent to an activating group) is 1. The lowest BCUT2D eigenvalue weighted by Gasteiger charge is -2.23. The smallest absolute Gasteiger partial charge is 0.241 e. The van der Waals surface area contributed by atoms with Crippen LogP contribution in [0.1, 0.15) is 20.3 Å². The van der Waals surface area contributed by atoms with Crippen molar-refractivity contribution in [3.05, 3.63) is 0 Å². The number of nitrogen functional groups attached to an aromatic ring is 1. The topological polar surface area (TPSA) is 91.5 Å². The largest absolute Gasteiger partial charge is 0.368 e. The van der Waals surface area contributed by atoms with Crippen LogP contribution in [0.15, 0.2) is 0 Å². The van der Waals surface area contributed by atoms with Crippen molar-refractivity contribution in [1.29, 1.82) is 0 Å². The van der Waals surface area contributed by atoms with Gasteiger partial charge in [-0.1, -0.05) is 0 Å². The lowest BCUT2D eigenvalue weighted by atomic mass is 10.4. The van der Waals surface area contributed by atoms with Gasteiger partial charge in [0.05, 0.1) is 6.54 Å². The third-order valence-corrected chi connectivity index (χ3v) is 3.63. The molecule has 1 fully saturated rings. The third-order valence-electron chi connectivity index (χ3n) is 3.63. The van der Waals surface area contributed by atoms with Crippen LogP contribution in [0.3, 0.4) is 0 Å². The van der Waals surface area contributed by atoms with Gasteiger partial charge in [-0.2, -0.15) is 15.0 Å². The van der Waals surface area contributed by atoms with Gasteiger partial charge in [0, 0.05) is 33.2 Å². The van der Waals surface area contributed by atoms with Crippen molar-refractivity contribution < 1.29 is 4.79 Å². The van der Waals surface area contributed by atoms with E-state index in [0.29, 0.717) is 11.9 Å². The Hall–Kier alpha value is -2.12. The van der Waals surface area contributed by atoms with Crippen LogP contribution in [-0.2, 0) is 4.79 Å². The fourth-order valence-corrected chi connectivity index (χ4v) is 2.32. The van der Waals surface area contributed by atoms with Gasteiger partial charge in [0.25, 0.3) is 0 Å². The van der Waals surface area contributed by atoms with Crippen molar-refractivity contribution in [3.8, 4) is 0 Å². The second-order valence-electron chi connectivity index (χ2n) is 5.06. The lowest BCUT2D eigenvalue weighted by Crippen LogP contribution is -2.36. The second-order valence-corrected chi connectivity index (χ2v) is 5.06. The van der Waals surface area contributed by atoms with Gasteiger partial charge in [-0.3, -0.25) is 4.79 Å². The quantitative estimate of drug-likeness (QED) is 0.833. The molecule has 21 heavy (non-hydrogen) atoms. The Bertz CT molecular complexity index is 503. The molecule has 8 nitrogen and oxygen atoms in total. The van der Waals surface area contributed by atoms with E-state index in [-0.39, 0.29) is 18.4 Å². The first-order chi connectivity index (χ1) is 10.0. The van der Waals surface area contributed by atoms with Gasteiger partial charge in [-0.25, -0.2) is 0 Å². The van der Waals surface area contributed by atoms with Gasteiger partial charge >= 0.3 is 0 Å². The average Bonchev–Trinajstić information content (AvgIpc) is 2.62. The van der Waals surface area contributed by atoms with E-state index in [1.807, 2.05) is 30.7 Å². The first kappa shape index (κ1) is 15.3. The molecule has 2 rings (SSSR count). The minimum atomic E-state index is 0.0656. The van der Waals surface area contributed by atoms with Crippen LogP contribution in [0, 0.1) is 0 Å². The van der Waals surface area contributed by atoms with E-state index in [4.69, 9.17) is 5.73 Å². The molecule has 1 saturated heterocycles. The number of rotatable bonds is 4. The van der Waals surface area contributed by atoms with Crippen LogP contribution in [0.2, 0.25) is 0 Å². The molecule has 0 spiro atoms. The fourth-order valence-electron chi connectivity index (χ4n) is 2.32. The number of aromatic nitrogens is 3. The number of hydrogen-bond donors (Lipinski definition) is 1. The van der Waals surface area contributed by atoms with E-state index in [1.165, 1.54) is 0 Å². The molecule has 0 aromatic carbocycles. The highest BCUT2D eigenvalue weighted by molar-refractivity contribution is 5.81. The predicted octanol–water partition coefficient (Wildman–Crippen LogP) is -0.0315. The normalized spacial score (nSPS) is 16.0. The summed E-state index contributed by atoms with van der Waals surface area (Å²) in [5.41, 5.74) is 5.80. The fraction of sp³-hybridized carbons (Fsp3) is 0.692. The predicted molar refractivity (Wildman–Crippen MR) is 82.3 cm³/mol. The number of amides is 1. The number of anilines is 3. The summed E-state index contributed by atoms with van der Waals surface area (Å²) in [6.07, 6.45) is 0.883. The van der Waals surface area contributed by atoms with E-state index >= 15 is 0 Å². The van der Waals surface area contributed by atoms with Crippen LogP contribution in [-0.4, -0.2) is 65.5 Å². The number of carbonyl (C=O) groups is 1. The molecule has 1 aliphatic rings. The molecule has 1 amide bonds. The van der Waals surface area contributed by atoms with Crippen molar-refractivity contribution in [2.24, 2.45) is 0 Å². The van der Waals surface area contributed by atoms with Crippen molar-refractivity contribution in [3.63, 3.8) is 0 Å². The maximum absolute atomic E-state index is 12.0. The molecule has 0 radical (unpaired) electrons. The van der Waals surface area contributed by atoms with Gasteiger partial charge in [0.2, 0.25) is 23.8 Å². The van der Waals surface area contributed by atoms with Crippen LogP contribution in [0.5, 0.6) is 0 Å². The van der Waals surface area contributed by atoms with Crippen molar-refractivity contribution in [2.45, 2.75) is 20.3 Å². The summed E-state index contributed by atoms with van der Waals surface area (Å²) in [5.74, 6) is 1.29. The summed E-state index contributed by atoms with van der Waals surface area (Å²) in [4.78, 5) is 30.5. The van der Waals surface area contributed by atoms with E-state index in [1.54, 1.807) is 4.90 Å². The van der Waals surface area contributed by atoms with Gasteiger partial charge in [0.15, 0.2) is 0 Å². The molecule has 0 unspecified atom stereocenters. The zero-order valence-electron chi connectivity index (χ0n) is 12.9. The Balaban J connectivity index is 2.28. The molecule has 116 valence electrons.